The predicted molar refractivity (Wildman–Crippen MR) is 68.1 cm³/mol. The van der Waals surface area contributed by atoms with E-state index in [4.69, 9.17) is 16.0 Å². The maximum atomic E-state index is 5.59. The van der Waals surface area contributed by atoms with Gasteiger partial charge in [-0.1, -0.05) is 31.3 Å². The highest BCUT2D eigenvalue weighted by Crippen LogP contribution is 2.30. The van der Waals surface area contributed by atoms with Crippen molar-refractivity contribution in [3.05, 3.63) is 5.89 Å². The smallest absolute Gasteiger partial charge is 0.315 e. The van der Waals surface area contributed by atoms with E-state index in [1.54, 1.807) is 0 Å². The van der Waals surface area contributed by atoms with Gasteiger partial charge >= 0.3 is 6.01 Å². The third kappa shape index (κ3) is 3.87. The summed E-state index contributed by atoms with van der Waals surface area (Å²) >= 11 is 5.59. The molecule has 1 aromatic rings. The van der Waals surface area contributed by atoms with Gasteiger partial charge in [0.2, 0.25) is 5.89 Å². The van der Waals surface area contributed by atoms with Gasteiger partial charge in [-0.05, 0) is 24.7 Å². The minimum absolute atomic E-state index is 0.273. The lowest BCUT2D eigenvalue weighted by Crippen LogP contribution is -2.16. The van der Waals surface area contributed by atoms with Gasteiger partial charge in [0.25, 0.3) is 0 Å². The molecule has 96 valence electrons. The quantitative estimate of drug-likeness (QED) is 0.821. The van der Waals surface area contributed by atoms with Crippen molar-refractivity contribution < 1.29 is 4.42 Å². The van der Waals surface area contributed by atoms with E-state index in [0.717, 1.165) is 18.4 Å². The van der Waals surface area contributed by atoms with Crippen LogP contribution in [0.3, 0.4) is 0 Å². The van der Waals surface area contributed by atoms with Crippen LogP contribution < -0.4 is 5.32 Å². The Balaban J connectivity index is 1.68. The topological polar surface area (TPSA) is 51.0 Å². The minimum Gasteiger partial charge on any atom is -0.407 e. The van der Waals surface area contributed by atoms with Gasteiger partial charge in [0.1, 0.15) is 5.88 Å². The second-order valence-electron chi connectivity index (χ2n) is 4.99. The second-order valence-corrected chi connectivity index (χ2v) is 5.26. The summed E-state index contributed by atoms with van der Waals surface area (Å²) in [5.41, 5.74) is 0. The molecule has 1 aliphatic rings. The lowest BCUT2D eigenvalue weighted by atomic mass is 9.81. The molecular formula is C12H20ClN3O. The molecule has 17 heavy (non-hydrogen) atoms. The first-order valence-corrected chi connectivity index (χ1v) is 6.93. The van der Waals surface area contributed by atoms with E-state index in [0.29, 0.717) is 11.9 Å². The average molecular weight is 258 g/mol. The van der Waals surface area contributed by atoms with Gasteiger partial charge in [-0.15, -0.1) is 16.7 Å². The van der Waals surface area contributed by atoms with Crippen molar-refractivity contribution in [1.29, 1.82) is 0 Å². The molecule has 2 atom stereocenters. The van der Waals surface area contributed by atoms with Crippen LogP contribution in [0.4, 0.5) is 6.01 Å². The summed E-state index contributed by atoms with van der Waals surface area (Å²) in [6.45, 7) is 3.26. The molecule has 0 amide bonds. The number of hydrogen-bond donors (Lipinski definition) is 1. The molecule has 5 heteroatoms. The van der Waals surface area contributed by atoms with Gasteiger partial charge in [-0.2, -0.15) is 0 Å². The van der Waals surface area contributed by atoms with Crippen LogP contribution in [0.15, 0.2) is 4.42 Å². The van der Waals surface area contributed by atoms with Crippen molar-refractivity contribution in [2.75, 3.05) is 11.9 Å². The van der Waals surface area contributed by atoms with Gasteiger partial charge in [0.15, 0.2) is 0 Å². The summed E-state index contributed by atoms with van der Waals surface area (Å²) in [6, 6.07) is 0.490. The van der Waals surface area contributed by atoms with E-state index in [9.17, 15) is 0 Å². The molecule has 1 fully saturated rings. The van der Waals surface area contributed by atoms with E-state index in [1.165, 1.54) is 32.1 Å². The van der Waals surface area contributed by atoms with Gasteiger partial charge < -0.3 is 9.73 Å². The van der Waals surface area contributed by atoms with Crippen LogP contribution in [0.1, 0.15) is 44.9 Å². The number of aromatic nitrogens is 2. The molecule has 1 saturated carbocycles. The SMILES string of the molecule is CC1CCCC(CCNc2nnc(CCl)o2)C1. The fourth-order valence-electron chi connectivity index (χ4n) is 2.58. The van der Waals surface area contributed by atoms with Crippen molar-refractivity contribution in [2.45, 2.75) is 44.9 Å². The molecule has 0 saturated heterocycles. The summed E-state index contributed by atoms with van der Waals surface area (Å²) in [5.74, 6) is 2.48. The molecule has 0 aromatic carbocycles. The van der Waals surface area contributed by atoms with Crippen LogP contribution in [-0.2, 0) is 5.88 Å². The number of hydrogen-bond acceptors (Lipinski definition) is 4. The average Bonchev–Trinajstić information content (AvgIpc) is 2.77. The third-order valence-electron chi connectivity index (χ3n) is 3.45. The molecule has 0 radical (unpaired) electrons. The summed E-state index contributed by atoms with van der Waals surface area (Å²) < 4.78 is 5.28. The Bertz CT molecular complexity index is 342. The summed E-state index contributed by atoms with van der Waals surface area (Å²) in [6.07, 6.45) is 6.68. The molecule has 1 aliphatic carbocycles. The molecule has 1 aromatic heterocycles. The van der Waals surface area contributed by atoms with E-state index in [-0.39, 0.29) is 5.88 Å². The van der Waals surface area contributed by atoms with Crippen LogP contribution in [0.2, 0.25) is 0 Å². The maximum absolute atomic E-state index is 5.59. The van der Waals surface area contributed by atoms with Crippen molar-refractivity contribution >= 4 is 17.6 Å². The normalized spacial score (nSPS) is 24.8. The fraction of sp³-hybridized carbons (Fsp3) is 0.833. The van der Waals surface area contributed by atoms with Gasteiger partial charge in [-0.25, -0.2) is 0 Å². The van der Waals surface area contributed by atoms with Crippen LogP contribution in [0, 0.1) is 11.8 Å². The number of anilines is 1. The van der Waals surface area contributed by atoms with Crippen molar-refractivity contribution in [1.82, 2.24) is 10.2 Å². The Kier molecular flexibility index (Phi) is 4.66. The van der Waals surface area contributed by atoms with Crippen molar-refractivity contribution in [2.24, 2.45) is 11.8 Å². The maximum Gasteiger partial charge on any atom is 0.315 e. The van der Waals surface area contributed by atoms with Crippen LogP contribution in [0.25, 0.3) is 0 Å². The number of nitrogens with zero attached hydrogens (tertiary/aromatic N) is 2. The number of halogens is 1. The number of alkyl halides is 1. The zero-order valence-corrected chi connectivity index (χ0v) is 11.0. The lowest BCUT2D eigenvalue weighted by molar-refractivity contribution is 0.274. The first kappa shape index (κ1) is 12.7. The van der Waals surface area contributed by atoms with E-state index in [2.05, 4.69) is 22.4 Å². The fourth-order valence-corrected chi connectivity index (χ4v) is 2.69. The third-order valence-corrected chi connectivity index (χ3v) is 3.68. The summed E-state index contributed by atoms with van der Waals surface area (Å²) in [5, 5.41) is 10.8. The summed E-state index contributed by atoms with van der Waals surface area (Å²) in [7, 11) is 0. The van der Waals surface area contributed by atoms with Crippen LogP contribution >= 0.6 is 11.6 Å². The standard InChI is InChI=1S/C12H20ClN3O/c1-9-3-2-4-10(7-9)5-6-14-12-16-15-11(8-13)17-12/h9-10H,2-8H2,1H3,(H,14,16). The first-order chi connectivity index (χ1) is 8.28. The molecule has 0 spiro atoms. The van der Waals surface area contributed by atoms with E-state index in [1.807, 2.05) is 0 Å². The zero-order valence-electron chi connectivity index (χ0n) is 10.3. The number of rotatable bonds is 5. The Labute approximate surface area is 107 Å². The molecule has 0 aliphatic heterocycles. The minimum atomic E-state index is 0.273. The van der Waals surface area contributed by atoms with E-state index < -0.39 is 0 Å². The zero-order chi connectivity index (χ0) is 12.1. The Morgan fingerprint density at radius 3 is 3.00 bits per heavy atom. The first-order valence-electron chi connectivity index (χ1n) is 6.40. The van der Waals surface area contributed by atoms with Crippen molar-refractivity contribution in [3.63, 3.8) is 0 Å². The molecule has 1 heterocycles. The monoisotopic (exact) mass is 257 g/mol. The van der Waals surface area contributed by atoms with Crippen molar-refractivity contribution in [3.8, 4) is 0 Å². The Morgan fingerprint density at radius 1 is 1.41 bits per heavy atom. The van der Waals surface area contributed by atoms with Gasteiger partial charge in [-0.3, -0.25) is 0 Å². The molecule has 2 rings (SSSR count). The highest BCUT2D eigenvalue weighted by molar-refractivity contribution is 6.16. The van der Waals surface area contributed by atoms with Crippen LogP contribution in [-0.4, -0.2) is 16.7 Å². The molecule has 0 bridgehead atoms. The molecule has 2 unspecified atom stereocenters. The number of nitrogens with one attached hydrogen (secondary N) is 1. The van der Waals surface area contributed by atoms with Gasteiger partial charge in [0, 0.05) is 6.54 Å². The largest absolute Gasteiger partial charge is 0.407 e. The van der Waals surface area contributed by atoms with E-state index >= 15 is 0 Å². The molecule has 4 nitrogen and oxygen atoms in total. The van der Waals surface area contributed by atoms with Gasteiger partial charge in [0.05, 0.1) is 0 Å². The highest BCUT2D eigenvalue weighted by atomic mass is 35.5. The Morgan fingerprint density at radius 2 is 2.29 bits per heavy atom. The molecule has 1 N–H and O–H groups in total. The molecular weight excluding hydrogens is 238 g/mol. The lowest BCUT2D eigenvalue weighted by Gasteiger charge is -2.26. The Hall–Kier alpha value is -0.770. The predicted octanol–water partition coefficient (Wildman–Crippen LogP) is 3.44. The summed E-state index contributed by atoms with van der Waals surface area (Å²) in [4.78, 5) is 0. The highest BCUT2D eigenvalue weighted by Gasteiger charge is 2.18. The second kappa shape index (κ2) is 6.24. The van der Waals surface area contributed by atoms with Crippen LogP contribution in [0.5, 0.6) is 0 Å².